The van der Waals surface area contributed by atoms with Gasteiger partial charge in [-0.15, -0.1) is 0 Å². The van der Waals surface area contributed by atoms with Crippen molar-refractivity contribution in [1.29, 1.82) is 0 Å². The van der Waals surface area contributed by atoms with Gasteiger partial charge in [0, 0.05) is 0 Å². The molecule has 8 nitrogen and oxygen atoms in total. The zero-order valence-electron chi connectivity index (χ0n) is 30.0. The molecule has 4 aliphatic heterocycles. The van der Waals surface area contributed by atoms with Crippen molar-refractivity contribution in [3.63, 3.8) is 0 Å². The van der Waals surface area contributed by atoms with Crippen LogP contribution in [0.25, 0.3) is 64.6 Å². The van der Waals surface area contributed by atoms with Crippen molar-refractivity contribution < 1.29 is 0 Å². The van der Waals surface area contributed by atoms with Crippen LogP contribution in [0, 0.1) is 0 Å². The Balaban J connectivity index is 1.22. The van der Waals surface area contributed by atoms with Crippen LogP contribution in [0.15, 0.2) is 176 Å². The molecule has 6 bridgehead atoms. The molecule has 0 spiro atoms. The third kappa shape index (κ3) is 4.13. The fourth-order valence-electron chi connectivity index (χ4n) is 9.14. The molecule has 4 aliphatic rings. The third-order valence-corrected chi connectivity index (χ3v) is 14.9. The van der Waals surface area contributed by atoms with Crippen LogP contribution < -0.4 is 11.0 Å². The normalized spacial score (nSPS) is 14.8. The Labute approximate surface area is 331 Å². The van der Waals surface area contributed by atoms with Gasteiger partial charge in [0.05, 0.1) is 0 Å². The molecular formula is C48H24GaN8. The minimum absolute atomic E-state index is 0.657. The average Bonchev–Trinajstić information content (AvgIpc) is 3.93. The van der Waals surface area contributed by atoms with E-state index in [0.717, 1.165) is 109 Å². The van der Waals surface area contributed by atoms with Crippen molar-refractivity contribution >= 4 is 118 Å². The molecule has 0 saturated carbocycles. The van der Waals surface area contributed by atoms with Gasteiger partial charge in [0.1, 0.15) is 0 Å². The molecule has 259 valence electrons. The molecule has 0 N–H and O–H groups in total. The van der Waals surface area contributed by atoms with Crippen LogP contribution >= 0.6 is 0 Å². The van der Waals surface area contributed by atoms with E-state index in [2.05, 4.69) is 152 Å². The van der Waals surface area contributed by atoms with Gasteiger partial charge in [-0.2, -0.15) is 0 Å². The zero-order valence-corrected chi connectivity index (χ0v) is 32.4. The van der Waals surface area contributed by atoms with Crippen molar-refractivity contribution in [1.82, 2.24) is 6.55 Å². The molecule has 0 fully saturated rings. The van der Waals surface area contributed by atoms with Crippen LogP contribution in [0.3, 0.4) is 0 Å². The second kappa shape index (κ2) is 10.8. The second-order valence-electron chi connectivity index (χ2n) is 15.1. The molecule has 10 aromatic rings. The van der Waals surface area contributed by atoms with Crippen molar-refractivity contribution in [3.8, 4) is 0 Å². The molecule has 57 heavy (non-hydrogen) atoms. The Morgan fingerprint density at radius 3 is 0.947 bits per heavy atom. The van der Waals surface area contributed by atoms with E-state index in [0.29, 0.717) is 23.3 Å². The van der Waals surface area contributed by atoms with Crippen molar-refractivity contribution in [2.24, 2.45) is 30.0 Å². The number of amidine groups is 4. The van der Waals surface area contributed by atoms with Crippen LogP contribution in [-0.4, -0.2) is 47.8 Å². The van der Waals surface area contributed by atoms with E-state index >= 15 is 0 Å². The summed E-state index contributed by atoms with van der Waals surface area (Å²) in [5.41, 5.74) is 5.58. The van der Waals surface area contributed by atoms with E-state index in [1.165, 1.54) is 0 Å². The Kier molecular flexibility index (Phi) is 5.67. The summed E-state index contributed by atoms with van der Waals surface area (Å²) >= 11 is -1.77. The molecular weight excluding hydrogens is 758 g/mol. The summed E-state index contributed by atoms with van der Waals surface area (Å²) in [4.78, 5) is 32.8. The Morgan fingerprint density at radius 1 is 0.298 bits per heavy atom. The molecule has 0 saturated heterocycles. The summed E-state index contributed by atoms with van der Waals surface area (Å²) in [7, 11) is 0. The van der Waals surface area contributed by atoms with Gasteiger partial charge in [-0.3, -0.25) is 0 Å². The summed E-state index contributed by atoms with van der Waals surface area (Å²) in [6.07, 6.45) is 0. The monoisotopic (exact) mass is 781 g/mol. The predicted octanol–water partition coefficient (Wildman–Crippen LogP) is 9.08. The fraction of sp³-hybridized carbons (Fsp3) is 0. The van der Waals surface area contributed by atoms with Gasteiger partial charge in [0.15, 0.2) is 0 Å². The Bertz CT molecular complexity index is 3600. The fourth-order valence-corrected chi connectivity index (χ4v) is 12.2. The first-order valence-corrected chi connectivity index (χ1v) is 21.2. The standard InChI is InChI=1S/C48H24N8.Ga/c1-2-10-26-18-34-33(17-25(26)9-1)41-49-42(34)54-44-37-21-29-13-5-6-14-30(29)22-38(37)46(51-44)56-48-40-24-32-16-8-7-15-31(32)23-39(40)47(52-48)55-45-36-20-28-12-4-3-11-27(28)19-35(36)43(50-45)53-41;/h1-24H;/q-2;+2. The topological polar surface area (TPSA) is 84.0 Å². The van der Waals surface area contributed by atoms with Crippen LogP contribution in [0.2, 0.25) is 0 Å². The first-order chi connectivity index (χ1) is 28.2. The molecule has 8 aromatic carbocycles. The van der Waals surface area contributed by atoms with Crippen molar-refractivity contribution in [3.05, 3.63) is 179 Å². The first-order valence-electron chi connectivity index (χ1n) is 19.0. The molecule has 0 amide bonds. The van der Waals surface area contributed by atoms with Gasteiger partial charge >= 0.3 is 333 Å². The molecule has 2 aromatic heterocycles. The van der Waals surface area contributed by atoms with Gasteiger partial charge in [-0.05, 0) is 0 Å². The molecule has 0 atom stereocenters. The van der Waals surface area contributed by atoms with Crippen LogP contribution in [-0.2, 0) is 0 Å². The third-order valence-electron chi connectivity index (χ3n) is 11.9. The van der Waals surface area contributed by atoms with E-state index in [1.54, 1.807) is 0 Å². The second-order valence-corrected chi connectivity index (χ2v) is 17.7. The number of hydrogen-bond acceptors (Lipinski definition) is 6. The molecule has 14 rings (SSSR count). The van der Waals surface area contributed by atoms with Gasteiger partial charge in [-0.25, -0.2) is 0 Å². The van der Waals surface area contributed by atoms with E-state index in [9.17, 15) is 0 Å². The van der Waals surface area contributed by atoms with Crippen LogP contribution in [0.4, 0.5) is 11.6 Å². The number of rotatable bonds is 0. The quantitative estimate of drug-likeness (QED) is 0.138. The molecule has 6 heterocycles. The summed E-state index contributed by atoms with van der Waals surface area (Å²) < 4.78 is 4.76. The Hall–Kier alpha value is -7.20. The number of aromatic nitrogens is 2. The minimum atomic E-state index is -1.77. The van der Waals surface area contributed by atoms with Crippen molar-refractivity contribution in [2.75, 3.05) is 0 Å². The van der Waals surface area contributed by atoms with Gasteiger partial charge < -0.3 is 0 Å². The van der Waals surface area contributed by atoms with Crippen LogP contribution in [0.1, 0.15) is 22.3 Å². The summed E-state index contributed by atoms with van der Waals surface area (Å²) in [5.74, 6) is 4.32. The summed E-state index contributed by atoms with van der Waals surface area (Å²) in [6, 6.07) is 51.9. The Morgan fingerprint density at radius 2 is 0.596 bits per heavy atom. The number of fused-ring (bicyclic) bond motifs is 18. The maximum absolute atomic E-state index is 5.56. The number of hydrogen-bond donors (Lipinski definition) is 0. The molecule has 1 radical (unpaired) electrons. The van der Waals surface area contributed by atoms with E-state index < -0.39 is 17.9 Å². The summed E-state index contributed by atoms with van der Waals surface area (Å²) in [5, 5.41) is 13.3. The average molecular weight is 782 g/mol. The van der Waals surface area contributed by atoms with Gasteiger partial charge in [-0.1, -0.05) is 0 Å². The molecule has 9 heteroatoms. The van der Waals surface area contributed by atoms with Crippen molar-refractivity contribution in [2.45, 2.75) is 0 Å². The SMILES string of the molecule is c1ccc2cc3c(cc2c1)C1=NC3=Nc2c3cc4ccccc4cc3c3[n]2[Ga][n]2c(c4cc5ccccc5cc4c2=NC2=NC(=N3)c3cc4ccccc4cc32)=N1. The summed E-state index contributed by atoms with van der Waals surface area (Å²) in [6.45, 7) is 0. The van der Waals surface area contributed by atoms with E-state index in [4.69, 9.17) is 30.0 Å². The number of nitrogens with zero attached hydrogens (tertiary/aromatic N) is 8. The zero-order chi connectivity index (χ0) is 36.9. The maximum atomic E-state index is 5.56. The van der Waals surface area contributed by atoms with Gasteiger partial charge in [0.25, 0.3) is 0 Å². The van der Waals surface area contributed by atoms with Gasteiger partial charge in [0.2, 0.25) is 0 Å². The number of benzene rings is 8. The number of aliphatic imine (C=N–C) groups is 4. The first kappa shape index (κ1) is 30.1. The molecule has 0 unspecified atom stereocenters. The van der Waals surface area contributed by atoms with E-state index in [-0.39, 0.29) is 0 Å². The molecule has 0 aliphatic carbocycles. The van der Waals surface area contributed by atoms with E-state index in [1.807, 2.05) is 0 Å². The predicted molar refractivity (Wildman–Crippen MR) is 231 cm³/mol. The van der Waals surface area contributed by atoms with Crippen LogP contribution in [0.5, 0.6) is 0 Å².